The number of sulfone groups is 1. The van der Waals surface area contributed by atoms with Gasteiger partial charge in [-0.05, 0) is 36.8 Å². The number of para-hydroxylation sites is 1. The average molecular weight is 367 g/mol. The fraction of sp³-hybridized carbons (Fsp3) is 0.294. The first-order valence-corrected chi connectivity index (χ1v) is 11.0. The maximum absolute atomic E-state index is 13.0. The number of benzene rings is 2. The number of unbranched alkanes of at least 4 members (excludes halogenated alkanes) is 1. The van der Waals surface area contributed by atoms with E-state index in [4.69, 9.17) is 0 Å². The molecular formula is C17H21NO4S2. The molecular weight excluding hydrogens is 346 g/mol. The Morgan fingerprint density at radius 2 is 1.50 bits per heavy atom. The highest BCUT2D eigenvalue weighted by molar-refractivity contribution is 7.93. The number of rotatable bonds is 7. The van der Waals surface area contributed by atoms with Crippen LogP contribution in [0.5, 0.6) is 0 Å². The first kappa shape index (κ1) is 18.5. The molecule has 0 aliphatic heterocycles. The largest absolute Gasteiger partial charge is 0.266 e. The molecule has 0 N–H and O–H groups in total. The Bertz CT molecular complexity index is 891. The van der Waals surface area contributed by atoms with Gasteiger partial charge in [-0.1, -0.05) is 37.6 Å². The van der Waals surface area contributed by atoms with Gasteiger partial charge in [0, 0.05) is 12.8 Å². The monoisotopic (exact) mass is 367 g/mol. The molecule has 0 aromatic heterocycles. The fourth-order valence-electron chi connectivity index (χ4n) is 2.28. The maximum atomic E-state index is 13.0. The van der Waals surface area contributed by atoms with Crippen molar-refractivity contribution < 1.29 is 16.8 Å². The SMILES string of the molecule is CCCCN(c1ccccc1)S(=O)(=O)c1cccc(S(C)(=O)=O)c1. The van der Waals surface area contributed by atoms with Crippen LogP contribution >= 0.6 is 0 Å². The second-order valence-corrected chi connectivity index (χ2v) is 9.39. The van der Waals surface area contributed by atoms with Crippen molar-refractivity contribution in [1.29, 1.82) is 0 Å². The first-order valence-electron chi connectivity index (χ1n) is 7.64. The van der Waals surface area contributed by atoms with Crippen LogP contribution in [-0.2, 0) is 19.9 Å². The van der Waals surface area contributed by atoms with E-state index < -0.39 is 19.9 Å². The van der Waals surface area contributed by atoms with E-state index in [2.05, 4.69) is 0 Å². The molecule has 0 radical (unpaired) electrons. The summed E-state index contributed by atoms with van der Waals surface area (Å²) in [5, 5.41) is 0. The first-order chi connectivity index (χ1) is 11.3. The predicted octanol–water partition coefficient (Wildman–Crippen LogP) is 3.09. The summed E-state index contributed by atoms with van der Waals surface area (Å²) in [5.74, 6) is 0. The molecule has 0 heterocycles. The zero-order valence-electron chi connectivity index (χ0n) is 13.7. The van der Waals surface area contributed by atoms with Crippen molar-refractivity contribution in [3.8, 4) is 0 Å². The van der Waals surface area contributed by atoms with E-state index in [1.54, 1.807) is 24.3 Å². The van der Waals surface area contributed by atoms with Crippen molar-refractivity contribution in [2.75, 3.05) is 17.1 Å². The summed E-state index contributed by atoms with van der Waals surface area (Å²) in [6.07, 6.45) is 2.62. The molecule has 2 rings (SSSR count). The van der Waals surface area contributed by atoms with Gasteiger partial charge < -0.3 is 0 Å². The molecule has 2 aromatic rings. The van der Waals surface area contributed by atoms with Crippen LogP contribution in [0.2, 0.25) is 0 Å². The number of sulfonamides is 1. The van der Waals surface area contributed by atoms with Gasteiger partial charge in [0.2, 0.25) is 0 Å². The molecule has 0 bridgehead atoms. The lowest BCUT2D eigenvalue weighted by atomic mass is 10.3. The Morgan fingerprint density at radius 1 is 0.875 bits per heavy atom. The summed E-state index contributed by atoms with van der Waals surface area (Å²) in [7, 11) is -7.32. The average Bonchev–Trinajstić information content (AvgIpc) is 2.55. The van der Waals surface area contributed by atoms with Crippen LogP contribution in [0.25, 0.3) is 0 Å². The summed E-state index contributed by atoms with van der Waals surface area (Å²) in [6, 6.07) is 14.3. The summed E-state index contributed by atoms with van der Waals surface area (Å²) in [4.78, 5) is -0.0301. The lowest BCUT2D eigenvalue weighted by molar-refractivity contribution is 0.588. The molecule has 0 aliphatic rings. The van der Waals surface area contributed by atoms with Crippen LogP contribution in [0.1, 0.15) is 19.8 Å². The molecule has 130 valence electrons. The smallest absolute Gasteiger partial charge is 0.264 e. The summed E-state index contributed by atoms with van der Waals surface area (Å²) < 4.78 is 50.9. The maximum Gasteiger partial charge on any atom is 0.264 e. The van der Waals surface area contributed by atoms with Crippen LogP contribution in [0, 0.1) is 0 Å². The van der Waals surface area contributed by atoms with Crippen LogP contribution in [-0.4, -0.2) is 29.6 Å². The minimum Gasteiger partial charge on any atom is -0.266 e. The Morgan fingerprint density at radius 3 is 2.08 bits per heavy atom. The van der Waals surface area contributed by atoms with Crippen molar-refractivity contribution in [1.82, 2.24) is 0 Å². The molecule has 0 amide bonds. The molecule has 0 unspecified atom stereocenters. The molecule has 0 aliphatic carbocycles. The molecule has 0 saturated heterocycles. The van der Waals surface area contributed by atoms with Gasteiger partial charge in [0.25, 0.3) is 10.0 Å². The highest BCUT2D eigenvalue weighted by Gasteiger charge is 2.25. The summed E-state index contributed by atoms with van der Waals surface area (Å²) >= 11 is 0. The van der Waals surface area contributed by atoms with Gasteiger partial charge in [-0.2, -0.15) is 0 Å². The Balaban J connectivity index is 2.52. The van der Waals surface area contributed by atoms with Crippen molar-refractivity contribution >= 4 is 25.5 Å². The third-order valence-corrected chi connectivity index (χ3v) is 6.51. The van der Waals surface area contributed by atoms with E-state index in [1.165, 1.54) is 28.6 Å². The van der Waals surface area contributed by atoms with Gasteiger partial charge in [-0.25, -0.2) is 16.8 Å². The number of nitrogens with zero attached hydrogens (tertiary/aromatic N) is 1. The molecule has 7 heteroatoms. The van der Waals surface area contributed by atoms with Gasteiger partial charge in [-0.3, -0.25) is 4.31 Å². The third-order valence-electron chi connectivity index (χ3n) is 3.58. The van der Waals surface area contributed by atoms with Crippen LogP contribution in [0.4, 0.5) is 5.69 Å². The van der Waals surface area contributed by atoms with Crippen molar-refractivity contribution in [3.05, 3.63) is 54.6 Å². The van der Waals surface area contributed by atoms with Crippen molar-refractivity contribution in [2.45, 2.75) is 29.6 Å². The van der Waals surface area contributed by atoms with E-state index in [-0.39, 0.29) is 9.79 Å². The highest BCUT2D eigenvalue weighted by atomic mass is 32.2. The molecule has 0 atom stereocenters. The number of hydrogen-bond donors (Lipinski definition) is 0. The summed E-state index contributed by atoms with van der Waals surface area (Å²) in [6.45, 7) is 2.33. The Kier molecular flexibility index (Phi) is 5.66. The zero-order valence-corrected chi connectivity index (χ0v) is 15.3. The van der Waals surface area contributed by atoms with E-state index in [9.17, 15) is 16.8 Å². The second kappa shape index (κ2) is 7.36. The topological polar surface area (TPSA) is 71.5 Å². The fourth-order valence-corrected chi connectivity index (χ4v) is 4.57. The Hall–Kier alpha value is -1.86. The van der Waals surface area contributed by atoms with Crippen LogP contribution < -0.4 is 4.31 Å². The molecule has 24 heavy (non-hydrogen) atoms. The van der Waals surface area contributed by atoms with Gasteiger partial charge in [0.1, 0.15) is 0 Å². The van der Waals surface area contributed by atoms with Gasteiger partial charge in [0.05, 0.1) is 15.5 Å². The zero-order chi connectivity index (χ0) is 17.8. The molecule has 0 saturated carbocycles. The number of hydrogen-bond acceptors (Lipinski definition) is 4. The normalized spacial score (nSPS) is 12.1. The minimum absolute atomic E-state index is 0.00733. The van der Waals surface area contributed by atoms with E-state index >= 15 is 0 Å². The molecule has 0 fully saturated rings. The third kappa shape index (κ3) is 4.15. The van der Waals surface area contributed by atoms with Crippen molar-refractivity contribution in [2.24, 2.45) is 0 Å². The Labute approximate surface area is 143 Å². The van der Waals surface area contributed by atoms with Crippen LogP contribution in [0.3, 0.4) is 0 Å². The van der Waals surface area contributed by atoms with Crippen LogP contribution in [0.15, 0.2) is 64.4 Å². The standard InChI is InChI=1S/C17H21NO4S2/c1-3-4-13-18(15-9-6-5-7-10-15)24(21,22)17-12-8-11-16(14-17)23(2,19)20/h5-12,14H,3-4,13H2,1-2H3. The molecule has 2 aromatic carbocycles. The quantitative estimate of drug-likeness (QED) is 0.754. The highest BCUT2D eigenvalue weighted by Crippen LogP contribution is 2.25. The lowest BCUT2D eigenvalue weighted by Crippen LogP contribution is -2.32. The van der Waals surface area contributed by atoms with Gasteiger partial charge in [-0.15, -0.1) is 0 Å². The minimum atomic E-state index is -3.84. The van der Waals surface area contributed by atoms with Gasteiger partial charge >= 0.3 is 0 Å². The molecule has 0 spiro atoms. The van der Waals surface area contributed by atoms with E-state index in [0.29, 0.717) is 18.7 Å². The number of anilines is 1. The summed E-state index contributed by atoms with van der Waals surface area (Å²) in [5.41, 5.74) is 0.565. The van der Waals surface area contributed by atoms with E-state index in [0.717, 1.165) is 12.7 Å². The molecule has 5 nitrogen and oxygen atoms in total. The lowest BCUT2D eigenvalue weighted by Gasteiger charge is -2.24. The predicted molar refractivity (Wildman–Crippen MR) is 95.4 cm³/mol. The van der Waals surface area contributed by atoms with E-state index in [1.807, 2.05) is 13.0 Å². The van der Waals surface area contributed by atoms with Crippen molar-refractivity contribution in [3.63, 3.8) is 0 Å². The van der Waals surface area contributed by atoms with Gasteiger partial charge in [0.15, 0.2) is 9.84 Å². The second-order valence-electron chi connectivity index (χ2n) is 5.51.